The second-order valence-corrected chi connectivity index (χ2v) is 8.86. The van der Waals surface area contributed by atoms with Gasteiger partial charge in [-0.2, -0.15) is 0 Å². The molecular weight excluding hydrogens is 366 g/mol. The van der Waals surface area contributed by atoms with Crippen LogP contribution >= 0.6 is 0 Å². The Labute approximate surface area is 176 Å². The molecule has 1 spiro atoms. The SMILES string of the molecule is CCN=C(NC1CCN(CC(=O)NC)CC1)NC1CC(OCC)C12CCCCC2. The van der Waals surface area contributed by atoms with Gasteiger partial charge in [0.1, 0.15) is 0 Å². The number of hydrogen-bond acceptors (Lipinski definition) is 4. The van der Waals surface area contributed by atoms with E-state index in [9.17, 15) is 4.79 Å². The lowest BCUT2D eigenvalue weighted by Gasteiger charge is -2.58. The minimum Gasteiger partial charge on any atom is -0.378 e. The van der Waals surface area contributed by atoms with Gasteiger partial charge in [0.25, 0.3) is 0 Å². The summed E-state index contributed by atoms with van der Waals surface area (Å²) in [6.07, 6.45) is 10.1. The third-order valence-electron chi connectivity index (χ3n) is 7.14. The first-order chi connectivity index (χ1) is 14.1. The van der Waals surface area contributed by atoms with E-state index < -0.39 is 0 Å². The molecule has 7 heteroatoms. The highest BCUT2D eigenvalue weighted by Crippen LogP contribution is 2.53. The fourth-order valence-electron chi connectivity index (χ4n) is 5.43. The van der Waals surface area contributed by atoms with E-state index in [0.29, 0.717) is 30.1 Å². The smallest absolute Gasteiger partial charge is 0.233 e. The van der Waals surface area contributed by atoms with Crippen LogP contribution in [0.3, 0.4) is 0 Å². The Kier molecular flexibility index (Phi) is 8.18. The highest BCUT2D eigenvalue weighted by molar-refractivity contribution is 5.80. The molecule has 1 heterocycles. The van der Waals surface area contributed by atoms with E-state index >= 15 is 0 Å². The van der Waals surface area contributed by atoms with Crippen LogP contribution < -0.4 is 16.0 Å². The summed E-state index contributed by atoms with van der Waals surface area (Å²) in [5.74, 6) is 1.06. The summed E-state index contributed by atoms with van der Waals surface area (Å²) in [5.41, 5.74) is 0.293. The summed E-state index contributed by atoms with van der Waals surface area (Å²) < 4.78 is 6.11. The predicted octanol–water partition coefficient (Wildman–Crippen LogP) is 1.88. The number of nitrogens with one attached hydrogen (secondary N) is 3. The Morgan fingerprint density at radius 3 is 2.48 bits per heavy atom. The molecule has 1 saturated heterocycles. The van der Waals surface area contributed by atoms with Crippen LogP contribution in [0.1, 0.15) is 65.2 Å². The number of hydrogen-bond donors (Lipinski definition) is 3. The van der Waals surface area contributed by atoms with Gasteiger partial charge in [-0.1, -0.05) is 19.3 Å². The molecule has 2 saturated carbocycles. The van der Waals surface area contributed by atoms with Crippen LogP contribution in [0.25, 0.3) is 0 Å². The van der Waals surface area contributed by atoms with Crippen molar-refractivity contribution in [3.8, 4) is 0 Å². The molecule has 2 unspecified atom stereocenters. The quantitative estimate of drug-likeness (QED) is 0.444. The number of carbonyl (C=O) groups excluding carboxylic acids is 1. The second kappa shape index (κ2) is 10.6. The standard InChI is InChI=1S/C22H41N5O2/c1-4-24-21(25-17-9-13-27(14-10-17)16-20(28)23-3)26-18-15-19(29-5-2)22(18)11-7-6-8-12-22/h17-19H,4-16H2,1-3H3,(H,23,28)(H2,24,25,26). The zero-order valence-electron chi connectivity index (χ0n) is 18.6. The van der Waals surface area contributed by atoms with Gasteiger partial charge < -0.3 is 20.7 Å². The largest absolute Gasteiger partial charge is 0.378 e. The third kappa shape index (κ3) is 5.43. The van der Waals surface area contributed by atoms with Crippen molar-refractivity contribution in [2.75, 3.05) is 39.8 Å². The van der Waals surface area contributed by atoms with Crippen molar-refractivity contribution in [2.24, 2.45) is 10.4 Å². The lowest BCUT2D eigenvalue weighted by atomic mass is 9.55. The van der Waals surface area contributed by atoms with Crippen LogP contribution in [0, 0.1) is 5.41 Å². The van der Waals surface area contributed by atoms with E-state index in [-0.39, 0.29) is 5.91 Å². The number of aliphatic imine (C=N–C) groups is 1. The predicted molar refractivity (Wildman–Crippen MR) is 117 cm³/mol. The molecule has 3 fully saturated rings. The van der Waals surface area contributed by atoms with Crippen LogP contribution in [-0.4, -0.2) is 74.8 Å². The molecule has 3 rings (SSSR count). The van der Waals surface area contributed by atoms with Crippen molar-refractivity contribution in [3.05, 3.63) is 0 Å². The Balaban J connectivity index is 1.53. The monoisotopic (exact) mass is 407 g/mol. The lowest BCUT2D eigenvalue weighted by Crippen LogP contribution is -2.67. The summed E-state index contributed by atoms with van der Waals surface area (Å²) in [5, 5.41) is 10.2. The molecule has 0 aromatic rings. The van der Waals surface area contributed by atoms with Crippen molar-refractivity contribution < 1.29 is 9.53 Å². The average molecular weight is 408 g/mol. The van der Waals surface area contributed by atoms with E-state index in [4.69, 9.17) is 9.73 Å². The van der Waals surface area contributed by atoms with Gasteiger partial charge in [0.15, 0.2) is 5.96 Å². The molecule has 1 amide bonds. The van der Waals surface area contributed by atoms with Gasteiger partial charge in [0.05, 0.1) is 12.6 Å². The van der Waals surface area contributed by atoms with Gasteiger partial charge in [-0.15, -0.1) is 0 Å². The number of ether oxygens (including phenoxy) is 1. The summed E-state index contributed by atoms with van der Waals surface area (Å²) >= 11 is 0. The van der Waals surface area contributed by atoms with E-state index in [1.165, 1.54) is 32.1 Å². The van der Waals surface area contributed by atoms with Crippen LogP contribution in [-0.2, 0) is 9.53 Å². The normalized spacial score (nSPS) is 28.0. The third-order valence-corrected chi connectivity index (χ3v) is 7.14. The first-order valence-corrected chi connectivity index (χ1v) is 11.7. The zero-order chi connectivity index (χ0) is 20.7. The summed E-state index contributed by atoms with van der Waals surface area (Å²) in [7, 11) is 1.70. The van der Waals surface area contributed by atoms with Crippen molar-refractivity contribution in [1.29, 1.82) is 0 Å². The molecule has 0 radical (unpaired) electrons. The maximum absolute atomic E-state index is 11.6. The fourth-order valence-corrected chi connectivity index (χ4v) is 5.43. The number of likely N-dealkylation sites (tertiary alicyclic amines) is 1. The molecule has 29 heavy (non-hydrogen) atoms. The van der Waals surface area contributed by atoms with Crippen molar-refractivity contribution in [3.63, 3.8) is 0 Å². The number of guanidine groups is 1. The van der Waals surface area contributed by atoms with Crippen molar-refractivity contribution in [1.82, 2.24) is 20.9 Å². The molecule has 1 aliphatic heterocycles. The molecule has 0 aromatic heterocycles. The fraction of sp³-hybridized carbons (Fsp3) is 0.909. The van der Waals surface area contributed by atoms with Gasteiger partial charge in [-0.25, -0.2) is 0 Å². The van der Waals surface area contributed by atoms with Crippen LogP contribution in [0.5, 0.6) is 0 Å². The van der Waals surface area contributed by atoms with E-state index in [1.807, 2.05) is 0 Å². The van der Waals surface area contributed by atoms with Gasteiger partial charge in [-0.3, -0.25) is 14.7 Å². The lowest BCUT2D eigenvalue weighted by molar-refractivity contribution is -0.145. The molecule has 3 N–H and O–H groups in total. The first-order valence-electron chi connectivity index (χ1n) is 11.7. The van der Waals surface area contributed by atoms with Crippen LogP contribution in [0.4, 0.5) is 0 Å². The molecule has 2 atom stereocenters. The Morgan fingerprint density at radius 2 is 1.86 bits per heavy atom. The number of carbonyl (C=O) groups is 1. The van der Waals surface area contributed by atoms with Gasteiger partial charge >= 0.3 is 0 Å². The number of likely N-dealkylation sites (N-methyl/N-ethyl adjacent to an activating group) is 1. The minimum atomic E-state index is 0.0953. The van der Waals surface area contributed by atoms with Crippen molar-refractivity contribution in [2.45, 2.75) is 83.4 Å². The topological polar surface area (TPSA) is 78.0 Å². The average Bonchev–Trinajstić information content (AvgIpc) is 2.75. The number of rotatable bonds is 7. The van der Waals surface area contributed by atoms with E-state index in [0.717, 1.165) is 51.5 Å². The maximum Gasteiger partial charge on any atom is 0.233 e. The molecule has 2 aliphatic carbocycles. The Hall–Kier alpha value is -1.34. The molecule has 0 bridgehead atoms. The van der Waals surface area contributed by atoms with Crippen molar-refractivity contribution >= 4 is 11.9 Å². The highest BCUT2D eigenvalue weighted by Gasteiger charge is 2.55. The Bertz CT molecular complexity index is 553. The van der Waals surface area contributed by atoms with E-state index in [1.54, 1.807) is 7.05 Å². The van der Waals surface area contributed by atoms with Gasteiger partial charge in [0.2, 0.25) is 5.91 Å². The minimum absolute atomic E-state index is 0.0953. The van der Waals surface area contributed by atoms with Crippen LogP contribution in [0.15, 0.2) is 4.99 Å². The highest BCUT2D eigenvalue weighted by atomic mass is 16.5. The number of piperidine rings is 1. The van der Waals surface area contributed by atoms with Gasteiger partial charge in [-0.05, 0) is 46.0 Å². The zero-order valence-corrected chi connectivity index (χ0v) is 18.6. The number of nitrogens with zero attached hydrogens (tertiary/aromatic N) is 2. The molecule has 3 aliphatic rings. The van der Waals surface area contributed by atoms with Gasteiger partial charge in [0, 0.05) is 50.8 Å². The summed E-state index contributed by atoms with van der Waals surface area (Å²) in [6, 6.07) is 0.879. The molecule has 0 aromatic carbocycles. The first kappa shape index (κ1) is 22.3. The maximum atomic E-state index is 11.6. The molecular formula is C22H41N5O2. The summed E-state index contributed by atoms with van der Waals surface area (Å²) in [4.78, 5) is 18.6. The molecule has 7 nitrogen and oxygen atoms in total. The van der Waals surface area contributed by atoms with E-state index in [2.05, 4.69) is 34.7 Å². The van der Waals surface area contributed by atoms with Crippen LogP contribution in [0.2, 0.25) is 0 Å². The Morgan fingerprint density at radius 1 is 1.14 bits per heavy atom. The molecule has 166 valence electrons. The summed E-state index contributed by atoms with van der Waals surface area (Å²) in [6.45, 7) is 8.19. The second-order valence-electron chi connectivity index (χ2n) is 8.86. The number of amides is 1.